The van der Waals surface area contributed by atoms with Gasteiger partial charge in [-0.15, -0.1) is 0 Å². The monoisotopic (exact) mass is 750 g/mol. The Balaban J connectivity index is 1.44. The van der Waals surface area contributed by atoms with E-state index in [1.165, 1.54) is 0 Å². The summed E-state index contributed by atoms with van der Waals surface area (Å²) in [5.74, 6) is -2.45. The number of rotatable bonds is 7. The molecule has 8 bridgehead atoms. The van der Waals surface area contributed by atoms with E-state index in [1.807, 2.05) is 66.4 Å². The molecule has 12 nitrogen and oxygen atoms in total. The molecule has 5 N–H and O–H groups in total. The van der Waals surface area contributed by atoms with Gasteiger partial charge in [-0.25, -0.2) is 29.3 Å². The van der Waals surface area contributed by atoms with Crippen LogP contribution in [0.15, 0.2) is 109 Å². The number of nitrogens with one attached hydrogen (secondary N) is 2. The topological polar surface area (TPSA) is 187 Å². The predicted molar refractivity (Wildman–Crippen MR) is 218 cm³/mol. The Labute approximate surface area is 323 Å². The number of aromatic carboxylic acids is 3. The van der Waals surface area contributed by atoms with Crippen molar-refractivity contribution in [2.24, 2.45) is 7.05 Å². The van der Waals surface area contributed by atoms with Crippen molar-refractivity contribution in [3.63, 3.8) is 0 Å². The second-order valence-corrected chi connectivity index (χ2v) is 13.5. The highest BCUT2D eigenvalue weighted by atomic mass is 16.4. The van der Waals surface area contributed by atoms with Crippen LogP contribution in [0.4, 0.5) is 0 Å². The van der Waals surface area contributed by atoms with E-state index in [1.54, 1.807) is 79.0 Å². The summed E-state index contributed by atoms with van der Waals surface area (Å²) >= 11 is 0. The Kier molecular flexibility index (Phi) is 8.28. The van der Waals surface area contributed by atoms with Crippen LogP contribution in [-0.2, 0) is 7.05 Å². The number of carbonyl (C=O) groups is 3. The van der Waals surface area contributed by atoms with Crippen LogP contribution in [-0.4, -0.2) is 62.7 Å². The lowest BCUT2D eigenvalue weighted by atomic mass is 10.0. The molecule has 0 atom stereocenters. The molecule has 2 aliphatic heterocycles. The van der Waals surface area contributed by atoms with Gasteiger partial charge in [-0.2, -0.15) is 0 Å². The van der Waals surface area contributed by atoms with Crippen molar-refractivity contribution in [2.45, 2.75) is 0 Å². The van der Waals surface area contributed by atoms with Crippen LogP contribution < -0.4 is 0 Å². The summed E-state index contributed by atoms with van der Waals surface area (Å²) in [7, 11) is 1.91. The molecule has 276 valence electrons. The zero-order chi connectivity index (χ0) is 39.4. The lowest BCUT2D eigenvalue weighted by Crippen LogP contribution is -1.96. The maximum absolute atomic E-state index is 11.8. The zero-order valence-corrected chi connectivity index (χ0v) is 30.1. The van der Waals surface area contributed by atoms with Gasteiger partial charge in [0, 0.05) is 52.7 Å². The third kappa shape index (κ3) is 6.16. The lowest BCUT2D eigenvalue weighted by Gasteiger charge is -2.07. The summed E-state index contributed by atoms with van der Waals surface area (Å²) in [4.78, 5) is 57.7. The standard InChI is InChI=1S/C45H30N6O6/c1-51-23-22-46-42(51)41-36-20-18-34(49-36)39(25-4-10-28(11-5-25)44(54)55)32-16-14-30(47-32)38(24-2-8-27(9-3-24)43(52)53)31-15-17-33(48-31)40(35-19-21-37(41)50-35)26-6-12-29(13-7-26)45(56)57/h2-23,47,50H,1H3,(H,52,53)(H,54,55)(H,56,57). The summed E-state index contributed by atoms with van der Waals surface area (Å²) in [5.41, 5.74) is 10.8. The van der Waals surface area contributed by atoms with Crippen molar-refractivity contribution in [2.75, 3.05) is 0 Å². The fourth-order valence-electron chi connectivity index (χ4n) is 7.30. The van der Waals surface area contributed by atoms with Gasteiger partial charge in [0.15, 0.2) is 0 Å². The Morgan fingerprint density at radius 2 is 0.789 bits per heavy atom. The Morgan fingerprint density at radius 3 is 1.09 bits per heavy atom. The summed E-state index contributed by atoms with van der Waals surface area (Å²) in [6.45, 7) is 0. The fraction of sp³-hybridized carbons (Fsp3) is 0.0222. The number of hydrogen-bond acceptors (Lipinski definition) is 6. The summed E-state index contributed by atoms with van der Waals surface area (Å²) in [5, 5.41) is 29.0. The maximum atomic E-state index is 11.8. The third-order valence-electron chi connectivity index (χ3n) is 10.1. The molecule has 0 aliphatic carbocycles. The van der Waals surface area contributed by atoms with E-state index in [4.69, 9.17) is 15.0 Å². The first-order valence-electron chi connectivity index (χ1n) is 17.8. The molecule has 4 aromatic heterocycles. The van der Waals surface area contributed by atoms with Crippen LogP contribution >= 0.6 is 0 Å². The number of nitrogens with zero attached hydrogens (tertiary/aromatic N) is 4. The van der Waals surface area contributed by atoms with Crippen molar-refractivity contribution in [1.29, 1.82) is 0 Å². The van der Waals surface area contributed by atoms with E-state index >= 15 is 0 Å². The zero-order valence-electron chi connectivity index (χ0n) is 30.1. The summed E-state index contributed by atoms with van der Waals surface area (Å²) in [6, 6.07) is 27.6. The molecule has 0 spiro atoms. The highest BCUT2D eigenvalue weighted by molar-refractivity contribution is 6.00. The normalized spacial score (nSPS) is 11.9. The summed E-state index contributed by atoms with van der Waals surface area (Å²) < 4.78 is 1.91. The van der Waals surface area contributed by atoms with Crippen molar-refractivity contribution in [1.82, 2.24) is 29.5 Å². The van der Waals surface area contributed by atoms with E-state index in [0.29, 0.717) is 56.3 Å². The maximum Gasteiger partial charge on any atom is 0.335 e. The SMILES string of the molecule is Cn1ccnc1-c1c2nc(c(-c3ccc(C(=O)O)cc3)c3ccc([nH]3)c(-c3ccc(C(=O)O)cc3)c3nc(c(-c4ccc(C(=O)O)cc4)c4ccc1[nH]4)C=C3)C=C2. The van der Waals surface area contributed by atoms with Gasteiger partial charge >= 0.3 is 17.9 Å². The molecule has 2 aliphatic rings. The molecule has 0 amide bonds. The first-order valence-corrected chi connectivity index (χ1v) is 17.8. The predicted octanol–water partition coefficient (Wildman–Crippen LogP) is 9.15. The van der Waals surface area contributed by atoms with E-state index in [-0.39, 0.29) is 16.7 Å². The highest BCUT2D eigenvalue weighted by Gasteiger charge is 2.21. The van der Waals surface area contributed by atoms with Gasteiger partial charge in [0.1, 0.15) is 5.82 Å². The van der Waals surface area contributed by atoms with Crippen LogP contribution in [0, 0.1) is 0 Å². The van der Waals surface area contributed by atoms with Gasteiger partial charge in [0.2, 0.25) is 0 Å². The van der Waals surface area contributed by atoms with Crippen LogP contribution in [0.5, 0.6) is 0 Å². The quantitative estimate of drug-likeness (QED) is 0.106. The van der Waals surface area contributed by atoms with Crippen molar-refractivity contribution >= 4 is 64.3 Å². The second kappa shape index (κ2) is 13.6. The third-order valence-corrected chi connectivity index (χ3v) is 10.1. The molecular weight excluding hydrogens is 721 g/mol. The second-order valence-electron chi connectivity index (χ2n) is 13.5. The van der Waals surface area contributed by atoms with Gasteiger partial charge in [-0.3, -0.25) is 0 Å². The molecule has 57 heavy (non-hydrogen) atoms. The summed E-state index contributed by atoms with van der Waals surface area (Å²) in [6.07, 6.45) is 11.2. The molecule has 0 radical (unpaired) electrons. The Bertz CT molecular complexity index is 2990. The fourth-order valence-corrected chi connectivity index (χ4v) is 7.30. The molecule has 3 aromatic carbocycles. The number of benzene rings is 3. The molecule has 0 saturated heterocycles. The number of carboxylic acids is 3. The van der Waals surface area contributed by atoms with Gasteiger partial charge in [-0.05, 0) is 102 Å². The van der Waals surface area contributed by atoms with Crippen LogP contribution in [0.25, 0.3) is 91.1 Å². The van der Waals surface area contributed by atoms with Gasteiger partial charge in [0.05, 0.1) is 50.5 Å². The van der Waals surface area contributed by atoms with Crippen LogP contribution in [0.2, 0.25) is 0 Å². The van der Waals surface area contributed by atoms with Gasteiger partial charge in [-0.1, -0.05) is 36.4 Å². The number of H-pyrrole nitrogens is 2. The number of fused-ring (bicyclic) bond motifs is 8. The van der Waals surface area contributed by atoms with Gasteiger partial charge < -0.3 is 29.9 Å². The number of hydrogen-bond donors (Lipinski definition) is 5. The molecule has 9 rings (SSSR count). The number of aryl methyl sites for hydroxylation is 1. The molecule has 0 fully saturated rings. The van der Waals surface area contributed by atoms with Crippen molar-refractivity contribution < 1.29 is 29.7 Å². The van der Waals surface area contributed by atoms with Crippen molar-refractivity contribution in [3.8, 4) is 44.8 Å². The molecule has 6 heterocycles. The minimum atomic E-state index is -1.04. The number of imidazole rings is 1. The molecule has 0 unspecified atom stereocenters. The molecule has 7 aromatic rings. The first-order chi connectivity index (χ1) is 27.6. The molecule has 0 saturated carbocycles. The Morgan fingerprint density at radius 1 is 0.474 bits per heavy atom. The molecular formula is C45H30N6O6. The minimum absolute atomic E-state index is 0.138. The Hall–Kier alpha value is -8.12. The smallest absolute Gasteiger partial charge is 0.335 e. The first kappa shape index (κ1) is 34.6. The average molecular weight is 751 g/mol. The number of carboxylic acid groups (broad SMARTS) is 3. The van der Waals surface area contributed by atoms with Crippen LogP contribution in [0.3, 0.4) is 0 Å². The average Bonchev–Trinajstić information content (AvgIpc) is 4.07. The van der Waals surface area contributed by atoms with Gasteiger partial charge in [0.25, 0.3) is 0 Å². The van der Waals surface area contributed by atoms with E-state index in [9.17, 15) is 29.7 Å². The number of aromatic nitrogens is 6. The highest BCUT2D eigenvalue weighted by Crippen LogP contribution is 2.38. The largest absolute Gasteiger partial charge is 0.478 e. The van der Waals surface area contributed by atoms with E-state index < -0.39 is 17.9 Å². The lowest BCUT2D eigenvalue weighted by molar-refractivity contribution is 0.0686. The minimum Gasteiger partial charge on any atom is -0.478 e. The number of aromatic amines is 2. The van der Waals surface area contributed by atoms with Crippen LogP contribution in [0.1, 0.15) is 53.8 Å². The van der Waals surface area contributed by atoms with E-state index in [0.717, 1.165) is 33.3 Å². The van der Waals surface area contributed by atoms with Crippen molar-refractivity contribution in [3.05, 3.63) is 149 Å². The molecule has 12 heteroatoms. The van der Waals surface area contributed by atoms with E-state index in [2.05, 4.69) is 9.97 Å².